The van der Waals surface area contributed by atoms with E-state index in [1.54, 1.807) is 0 Å². The number of piperidine rings is 2. The van der Waals surface area contributed by atoms with Gasteiger partial charge in [-0.15, -0.1) is 0 Å². The first kappa shape index (κ1) is 13.0. The van der Waals surface area contributed by atoms with Gasteiger partial charge in [-0.05, 0) is 56.8 Å². The predicted molar refractivity (Wildman–Crippen MR) is 77.1 cm³/mol. The van der Waals surface area contributed by atoms with Crippen LogP contribution in [0.1, 0.15) is 51.4 Å². The van der Waals surface area contributed by atoms with E-state index in [-0.39, 0.29) is 0 Å². The fourth-order valence-electron chi connectivity index (χ4n) is 3.97. The monoisotopic (exact) mass is 262 g/mol. The standard InChI is InChI=1S/C16H26N2O/c19-15(17-11-5-2-6-12-17)18-13-7-10-16(14-18)8-3-1-4-9-16/h1,3H,2,4-14H2. The number of nitrogens with zero attached hydrogens (tertiary/aromatic N) is 2. The van der Waals surface area contributed by atoms with Crippen LogP contribution >= 0.6 is 0 Å². The van der Waals surface area contributed by atoms with Crippen molar-refractivity contribution in [3.05, 3.63) is 12.2 Å². The molecule has 2 amide bonds. The lowest BCUT2D eigenvalue weighted by Gasteiger charge is -2.45. The predicted octanol–water partition coefficient (Wildman–Crippen LogP) is 3.41. The molecule has 0 aromatic carbocycles. The van der Waals surface area contributed by atoms with Gasteiger partial charge in [-0.2, -0.15) is 0 Å². The van der Waals surface area contributed by atoms with Crippen molar-refractivity contribution >= 4 is 6.03 Å². The summed E-state index contributed by atoms with van der Waals surface area (Å²) in [6, 6.07) is 0.313. The van der Waals surface area contributed by atoms with Gasteiger partial charge in [0.1, 0.15) is 0 Å². The Morgan fingerprint density at radius 1 is 0.895 bits per heavy atom. The van der Waals surface area contributed by atoms with Gasteiger partial charge in [-0.3, -0.25) is 0 Å². The Hall–Kier alpha value is -0.990. The van der Waals surface area contributed by atoms with E-state index < -0.39 is 0 Å². The van der Waals surface area contributed by atoms with Gasteiger partial charge in [0.25, 0.3) is 0 Å². The van der Waals surface area contributed by atoms with Crippen LogP contribution in [-0.4, -0.2) is 42.0 Å². The van der Waals surface area contributed by atoms with Gasteiger partial charge < -0.3 is 9.80 Å². The van der Waals surface area contributed by atoms with Crippen molar-refractivity contribution in [2.45, 2.75) is 51.4 Å². The molecule has 3 nitrogen and oxygen atoms in total. The SMILES string of the molecule is O=C(N1CCCCC1)N1CCCC2(CC=CCC2)C1. The molecule has 0 aromatic rings. The van der Waals surface area contributed by atoms with Gasteiger partial charge in [0, 0.05) is 26.2 Å². The molecule has 2 fully saturated rings. The van der Waals surface area contributed by atoms with E-state index in [2.05, 4.69) is 22.0 Å². The second kappa shape index (κ2) is 5.56. The van der Waals surface area contributed by atoms with Crippen molar-refractivity contribution in [1.29, 1.82) is 0 Å². The molecule has 0 saturated carbocycles. The normalized spacial score (nSPS) is 31.8. The summed E-state index contributed by atoms with van der Waals surface area (Å²) in [7, 11) is 0. The van der Waals surface area contributed by atoms with E-state index >= 15 is 0 Å². The van der Waals surface area contributed by atoms with Crippen molar-refractivity contribution in [2.24, 2.45) is 5.41 Å². The maximum atomic E-state index is 12.6. The van der Waals surface area contributed by atoms with Gasteiger partial charge >= 0.3 is 6.03 Å². The van der Waals surface area contributed by atoms with E-state index in [1.807, 2.05) is 0 Å². The number of urea groups is 1. The highest BCUT2D eigenvalue weighted by Crippen LogP contribution is 2.41. The van der Waals surface area contributed by atoms with Gasteiger partial charge in [0.05, 0.1) is 0 Å². The molecule has 19 heavy (non-hydrogen) atoms. The highest BCUT2D eigenvalue weighted by atomic mass is 16.2. The van der Waals surface area contributed by atoms with Crippen LogP contribution in [0.5, 0.6) is 0 Å². The molecular formula is C16H26N2O. The van der Waals surface area contributed by atoms with Crippen molar-refractivity contribution in [1.82, 2.24) is 9.80 Å². The maximum Gasteiger partial charge on any atom is 0.320 e. The molecule has 3 rings (SSSR count). The van der Waals surface area contributed by atoms with Crippen molar-refractivity contribution < 1.29 is 4.79 Å². The molecule has 0 bridgehead atoms. The van der Waals surface area contributed by atoms with Crippen LogP contribution in [-0.2, 0) is 0 Å². The number of likely N-dealkylation sites (tertiary alicyclic amines) is 2. The molecule has 2 aliphatic heterocycles. The summed E-state index contributed by atoms with van der Waals surface area (Å²) in [5.74, 6) is 0. The Labute approximate surface area is 116 Å². The van der Waals surface area contributed by atoms with E-state index in [0.29, 0.717) is 11.4 Å². The van der Waals surface area contributed by atoms with Gasteiger partial charge in [0.2, 0.25) is 0 Å². The van der Waals surface area contributed by atoms with Gasteiger partial charge in [-0.25, -0.2) is 4.79 Å². The minimum atomic E-state index is 0.313. The summed E-state index contributed by atoms with van der Waals surface area (Å²) in [5, 5.41) is 0. The third-order valence-electron chi connectivity index (χ3n) is 5.12. The number of carbonyl (C=O) groups is 1. The minimum Gasteiger partial charge on any atom is -0.325 e. The highest BCUT2D eigenvalue weighted by Gasteiger charge is 2.37. The summed E-state index contributed by atoms with van der Waals surface area (Å²) in [4.78, 5) is 16.8. The zero-order chi connectivity index (χ0) is 13.1. The molecule has 1 unspecified atom stereocenters. The zero-order valence-corrected chi connectivity index (χ0v) is 11.9. The summed E-state index contributed by atoms with van der Waals surface area (Å²) in [5.41, 5.74) is 0.401. The lowest BCUT2D eigenvalue weighted by Crippen LogP contribution is -2.52. The van der Waals surface area contributed by atoms with Crippen LogP contribution in [0.25, 0.3) is 0 Å². The molecule has 2 saturated heterocycles. The fourth-order valence-corrected chi connectivity index (χ4v) is 3.97. The second-order valence-electron chi connectivity index (χ2n) is 6.57. The van der Waals surface area contributed by atoms with E-state index in [4.69, 9.17) is 0 Å². The molecule has 3 heteroatoms. The third-order valence-corrected chi connectivity index (χ3v) is 5.12. The molecular weight excluding hydrogens is 236 g/mol. The molecule has 0 radical (unpaired) electrons. The Balaban J connectivity index is 1.64. The largest absolute Gasteiger partial charge is 0.325 e. The number of carbonyl (C=O) groups excluding carboxylic acids is 1. The Morgan fingerprint density at radius 3 is 2.42 bits per heavy atom. The Kier molecular flexibility index (Phi) is 3.81. The third kappa shape index (κ3) is 2.80. The first-order valence-electron chi connectivity index (χ1n) is 7.98. The molecule has 2 heterocycles. The summed E-state index contributed by atoms with van der Waals surface area (Å²) in [6.07, 6.45) is 14.4. The van der Waals surface area contributed by atoms with E-state index in [0.717, 1.165) is 26.2 Å². The average Bonchev–Trinajstić information content (AvgIpc) is 2.48. The van der Waals surface area contributed by atoms with Gasteiger partial charge in [0.15, 0.2) is 0 Å². The van der Waals surface area contributed by atoms with Crippen LogP contribution in [0.3, 0.4) is 0 Å². The van der Waals surface area contributed by atoms with Crippen molar-refractivity contribution in [3.63, 3.8) is 0 Å². The van der Waals surface area contributed by atoms with Crippen LogP contribution < -0.4 is 0 Å². The lowest BCUT2D eigenvalue weighted by molar-refractivity contribution is 0.0743. The molecule has 1 atom stereocenters. The van der Waals surface area contributed by atoms with Crippen molar-refractivity contribution in [2.75, 3.05) is 26.2 Å². The smallest absolute Gasteiger partial charge is 0.320 e. The molecule has 106 valence electrons. The summed E-state index contributed by atoms with van der Waals surface area (Å²) >= 11 is 0. The van der Waals surface area contributed by atoms with Crippen LogP contribution in [0.2, 0.25) is 0 Å². The summed E-state index contributed by atoms with van der Waals surface area (Å²) < 4.78 is 0. The number of hydrogen-bond donors (Lipinski definition) is 0. The lowest BCUT2D eigenvalue weighted by atomic mass is 9.71. The quantitative estimate of drug-likeness (QED) is 0.614. The number of amides is 2. The maximum absolute atomic E-state index is 12.6. The Morgan fingerprint density at radius 2 is 1.68 bits per heavy atom. The molecule has 1 spiro atoms. The number of allylic oxidation sites excluding steroid dienone is 2. The Bertz CT molecular complexity index is 360. The number of hydrogen-bond acceptors (Lipinski definition) is 1. The second-order valence-corrected chi connectivity index (χ2v) is 6.57. The van der Waals surface area contributed by atoms with E-state index in [1.165, 1.54) is 51.4 Å². The minimum absolute atomic E-state index is 0.313. The summed E-state index contributed by atoms with van der Waals surface area (Å²) in [6.45, 7) is 3.91. The fraction of sp³-hybridized carbons (Fsp3) is 0.812. The highest BCUT2D eigenvalue weighted by molar-refractivity contribution is 5.74. The van der Waals surface area contributed by atoms with E-state index in [9.17, 15) is 4.79 Å². The zero-order valence-electron chi connectivity index (χ0n) is 11.9. The topological polar surface area (TPSA) is 23.6 Å². The molecule has 0 aromatic heterocycles. The van der Waals surface area contributed by atoms with Crippen LogP contribution in [0.4, 0.5) is 4.79 Å². The molecule has 0 N–H and O–H groups in total. The van der Waals surface area contributed by atoms with Crippen LogP contribution in [0, 0.1) is 5.41 Å². The first-order chi connectivity index (χ1) is 9.29. The molecule has 1 aliphatic carbocycles. The van der Waals surface area contributed by atoms with Crippen molar-refractivity contribution in [3.8, 4) is 0 Å². The first-order valence-corrected chi connectivity index (χ1v) is 7.98. The average molecular weight is 262 g/mol. The number of rotatable bonds is 0. The molecule has 3 aliphatic rings. The van der Waals surface area contributed by atoms with Gasteiger partial charge in [-0.1, -0.05) is 12.2 Å². The van der Waals surface area contributed by atoms with Crippen LogP contribution in [0.15, 0.2) is 12.2 Å².